The fourth-order valence-corrected chi connectivity index (χ4v) is 2.03. The molecule has 0 spiro atoms. The summed E-state index contributed by atoms with van der Waals surface area (Å²) in [5.41, 5.74) is 6.23. The highest BCUT2D eigenvalue weighted by molar-refractivity contribution is 5.77. The molecule has 1 aromatic carbocycles. The number of rotatable bonds is 5. The Hall–Kier alpha value is -1.66. The molecule has 1 amide bonds. The van der Waals surface area contributed by atoms with E-state index in [0.717, 1.165) is 5.56 Å². The van der Waals surface area contributed by atoms with Crippen LogP contribution in [0.5, 0.6) is 5.75 Å². The topological polar surface area (TPSA) is 64.8 Å². The van der Waals surface area contributed by atoms with Crippen LogP contribution >= 0.6 is 0 Å². The molecule has 1 aromatic rings. The first-order chi connectivity index (χ1) is 9.70. The Labute approximate surface area is 117 Å². The fourth-order valence-electron chi connectivity index (χ4n) is 2.03. The molecule has 0 aliphatic carbocycles. The number of ether oxygens (including phenoxy) is 2. The second-order valence-electron chi connectivity index (χ2n) is 4.59. The van der Waals surface area contributed by atoms with Crippen molar-refractivity contribution in [1.82, 2.24) is 4.90 Å². The Morgan fingerprint density at radius 1 is 1.40 bits per heavy atom. The van der Waals surface area contributed by atoms with Crippen molar-refractivity contribution in [2.45, 2.75) is 6.42 Å². The third kappa shape index (κ3) is 3.91. The molecule has 0 saturated carbocycles. The van der Waals surface area contributed by atoms with Crippen molar-refractivity contribution in [2.75, 3.05) is 39.5 Å². The number of halogens is 1. The maximum absolute atomic E-state index is 13.8. The van der Waals surface area contributed by atoms with Crippen molar-refractivity contribution >= 4 is 5.91 Å². The van der Waals surface area contributed by atoms with Crippen molar-refractivity contribution in [2.24, 2.45) is 5.73 Å². The van der Waals surface area contributed by atoms with Crippen LogP contribution in [0.3, 0.4) is 0 Å². The second-order valence-corrected chi connectivity index (χ2v) is 4.59. The van der Waals surface area contributed by atoms with E-state index in [1.807, 2.05) is 0 Å². The van der Waals surface area contributed by atoms with Crippen LogP contribution in [0.25, 0.3) is 0 Å². The molecule has 1 fully saturated rings. The van der Waals surface area contributed by atoms with E-state index in [4.69, 9.17) is 15.2 Å². The lowest BCUT2D eigenvalue weighted by Crippen LogP contribution is -2.43. The lowest BCUT2D eigenvalue weighted by atomic mass is 10.1. The molecular formula is C14H19FN2O3. The van der Waals surface area contributed by atoms with E-state index in [9.17, 15) is 9.18 Å². The van der Waals surface area contributed by atoms with Crippen LogP contribution in [0.1, 0.15) is 5.56 Å². The number of carbonyl (C=O) groups is 1. The Kier molecular flexibility index (Phi) is 5.31. The average molecular weight is 282 g/mol. The van der Waals surface area contributed by atoms with Crippen LogP contribution < -0.4 is 10.5 Å². The SMILES string of the molecule is NCCc1ccc(OCC(=O)N2CCOCC2)c(F)c1. The number of nitrogens with two attached hydrogens (primary N) is 1. The van der Waals surface area contributed by atoms with Gasteiger partial charge in [0.25, 0.3) is 5.91 Å². The zero-order valence-corrected chi connectivity index (χ0v) is 11.3. The first-order valence-electron chi connectivity index (χ1n) is 6.67. The normalized spacial score (nSPS) is 15.2. The molecule has 0 bridgehead atoms. The van der Waals surface area contributed by atoms with Crippen molar-refractivity contribution in [3.8, 4) is 5.75 Å². The predicted octanol–water partition coefficient (Wildman–Crippen LogP) is 0.564. The number of hydrogen-bond acceptors (Lipinski definition) is 4. The minimum atomic E-state index is -0.467. The number of carbonyl (C=O) groups excluding carboxylic acids is 1. The molecule has 0 aromatic heterocycles. The van der Waals surface area contributed by atoms with Gasteiger partial charge < -0.3 is 20.1 Å². The van der Waals surface area contributed by atoms with Crippen LogP contribution in [0.15, 0.2) is 18.2 Å². The minimum absolute atomic E-state index is 0.0902. The van der Waals surface area contributed by atoms with E-state index in [-0.39, 0.29) is 18.3 Å². The molecule has 0 atom stereocenters. The third-order valence-corrected chi connectivity index (χ3v) is 3.14. The van der Waals surface area contributed by atoms with Crippen molar-refractivity contribution in [3.63, 3.8) is 0 Å². The average Bonchev–Trinajstić information content (AvgIpc) is 2.47. The quantitative estimate of drug-likeness (QED) is 0.857. The molecule has 1 saturated heterocycles. The summed E-state index contributed by atoms with van der Waals surface area (Å²) < 4.78 is 24.2. The zero-order chi connectivity index (χ0) is 14.4. The van der Waals surface area contributed by atoms with Gasteiger partial charge in [0, 0.05) is 13.1 Å². The number of nitrogens with zero attached hydrogens (tertiary/aromatic N) is 1. The lowest BCUT2D eigenvalue weighted by Gasteiger charge is -2.26. The standard InChI is InChI=1S/C14H19FN2O3/c15-12-9-11(3-4-16)1-2-13(12)20-10-14(18)17-5-7-19-8-6-17/h1-2,9H,3-8,10,16H2. The first-order valence-corrected chi connectivity index (χ1v) is 6.67. The zero-order valence-electron chi connectivity index (χ0n) is 11.3. The summed E-state index contributed by atoms with van der Waals surface area (Å²) in [5, 5.41) is 0. The highest BCUT2D eigenvalue weighted by Crippen LogP contribution is 2.18. The highest BCUT2D eigenvalue weighted by atomic mass is 19.1. The number of hydrogen-bond donors (Lipinski definition) is 1. The van der Waals surface area contributed by atoms with Gasteiger partial charge >= 0.3 is 0 Å². The fraction of sp³-hybridized carbons (Fsp3) is 0.500. The van der Waals surface area contributed by atoms with Gasteiger partial charge in [-0.3, -0.25) is 4.79 Å². The molecule has 1 heterocycles. The number of benzene rings is 1. The molecule has 6 heteroatoms. The Morgan fingerprint density at radius 3 is 2.80 bits per heavy atom. The monoisotopic (exact) mass is 282 g/mol. The number of morpholine rings is 1. The maximum atomic E-state index is 13.8. The van der Waals surface area contributed by atoms with Gasteiger partial charge in [0.15, 0.2) is 18.2 Å². The summed E-state index contributed by atoms with van der Waals surface area (Å²) >= 11 is 0. The van der Waals surface area contributed by atoms with Crippen LogP contribution in [0.2, 0.25) is 0 Å². The molecular weight excluding hydrogens is 263 g/mol. The summed E-state index contributed by atoms with van der Waals surface area (Å²) in [6.45, 7) is 2.49. The van der Waals surface area contributed by atoms with Gasteiger partial charge in [0.1, 0.15) is 0 Å². The molecule has 1 aliphatic heterocycles. The van der Waals surface area contributed by atoms with Gasteiger partial charge in [0.2, 0.25) is 0 Å². The third-order valence-electron chi connectivity index (χ3n) is 3.14. The van der Waals surface area contributed by atoms with E-state index in [1.54, 1.807) is 11.0 Å². The molecule has 1 aliphatic rings. The first kappa shape index (κ1) is 14.7. The summed E-state index contributed by atoms with van der Waals surface area (Å²) in [5.74, 6) is -0.531. The molecule has 2 rings (SSSR count). The van der Waals surface area contributed by atoms with E-state index < -0.39 is 5.82 Å². The molecule has 2 N–H and O–H groups in total. The molecule has 110 valence electrons. The van der Waals surface area contributed by atoms with E-state index in [1.165, 1.54) is 12.1 Å². The van der Waals surface area contributed by atoms with Gasteiger partial charge in [-0.1, -0.05) is 6.07 Å². The summed E-state index contributed by atoms with van der Waals surface area (Å²) in [4.78, 5) is 13.5. The Balaban J connectivity index is 1.88. The van der Waals surface area contributed by atoms with Crippen molar-refractivity contribution in [1.29, 1.82) is 0 Å². The molecule has 5 nitrogen and oxygen atoms in total. The maximum Gasteiger partial charge on any atom is 0.260 e. The van der Waals surface area contributed by atoms with Gasteiger partial charge in [-0.2, -0.15) is 0 Å². The van der Waals surface area contributed by atoms with E-state index >= 15 is 0 Å². The Morgan fingerprint density at radius 2 is 2.15 bits per heavy atom. The van der Waals surface area contributed by atoms with Gasteiger partial charge in [-0.25, -0.2) is 4.39 Å². The molecule has 0 unspecified atom stereocenters. The largest absolute Gasteiger partial charge is 0.481 e. The van der Waals surface area contributed by atoms with E-state index in [2.05, 4.69) is 0 Å². The minimum Gasteiger partial charge on any atom is -0.481 e. The van der Waals surface area contributed by atoms with Crippen LogP contribution in [-0.2, 0) is 16.0 Å². The molecule has 0 radical (unpaired) electrons. The highest BCUT2D eigenvalue weighted by Gasteiger charge is 2.17. The smallest absolute Gasteiger partial charge is 0.260 e. The molecule has 20 heavy (non-hydrogen) atoms. The predicted molar refractivity (Wildman–Crippen MR) is 72.1 cm³/mol. The summed E-state index contributed by atoms with van der Waals surface area (Å²) in [7, 11) is 0. The second kappa shape index (κ2) is 7.21. The van der Waals surface area contributed by atoms with Gasteiger partial charge in [-0.15, -0.1) is 0 Å². The van der Waals surface area contributed by atoms with Gasteiger partial charge in [0.05, 0.1) is 13.2 Å². The van der Waals surface area contributed by atoms with Gasteiger partial charge in [-0.05, 0) is 30.7 Å². The van der Waals surface area contributed by atoms with Crippen LogP contribution in [0, 0.1) is 5.82 Å². The summed E-state index contributed by atoms with van der Waals surface area (Å²) in [6, 6.07) is 4.68. The summed E-state index contributed by atoms with van der Waals surface area (Å²) in [6.07, 6.45) is 0.615. The lowest BCUT2D eigenvalue weighted by molar-refractivity contribution is -0.137. The van der Waals surface area contributed by atoms with Crippen molar-refractivity contribution < 1.29 is 18.7 Å². The Bertz CT molecular complexity index is 462. The van der Waals surface area contributed by atoms with Crippen molar-refractivity contribution in [3.05, 3.63) is 29.6 Å². The van der Waals surface area contributed by atoms with E-state index in [0.29, 0.717) is 39.3 Å². The van der Waals surface area contributed by atoms with Crippen LogP contribution in [0.4, 0.5) is 4.39 Å². The number of amides is 1. The van der Waals surface area contributed by atoms with Crippen LogP contribution in [-0.4, -0.2) is 50.3 Å².